The first-order valence-corrected chi connectivity index (χ1v) is 18.1. The highest BCUT2D eigenvalue weighted by Gasteiger charge is 2.57. The van der Waals surface area contributed by atoms with Crippen LogP contribution in [0.4, 0.5) is 0 Å². The highest BCUT2D eigenvalue weighted by molar-refractivity contribution is 14.1. The van der Waals surface area contributed by atoms with Gasteiger partial charge in [0.2, 0.25) is 11.8 Å². The number of carbonyl (C=O) groups excluding carboxylic acids is 2. The molecule has 0 saturated carbocycles. The third-order valence-electron chi connectivity index (χ3n) is 9.58. The van der Waals surface area contributed by atoms with Gasteiger partial charge in [0.05, 0.1) is 41.8 Å². The third kappa shape index (κ3) is 6.55. The van der Waals surface area contributed by atoms with E-state index in [1.165, 1.54) is 4.90 Å². The molecule has 48 heavy (non-hydrogen) atoms. The molecule has 2 saturated heterocycles. The molecule has 3 aliphatic rings. The van der Waals surface area contributed by atoms with E-state index in [1.807, 2.05) is 78.2 Å². The number of para-hydroxylation sites is 1. The van der Waals surface area contributed by atoms with Crippen molar-refractivity contribution in [2.45, 2.75) is 31.9 Å². The minimum atomic E-state index is -0.423. The standard InChI is InChI=1S/C39H36INO6S/c1-45-34-19-24(18-32(40)37(34)42)17-26(25-9-4-2-5-10-25)14-15-33-35-27(22-46-28-11-6-3-7-12-28)20-30-36(31(35)23-47-33)39(44)41(38(30)43)21-29-13-8-16-48-29/h2-13,16-19,30-31,33,36,42H,14-15,20-23H2,1H3/b26-17-/t30-,31+,33-,36-/m1/s1. The van der Waals surface area contributed by atoms with Gasteiger partial charge in [-0.2, -0.15) is 0 Å². The zero-order valence-electron chi connectivity index (χ0n) is 26.5. The third-order valence-corrected chi connectivity index (χ3v) is 11.3. The summed E-state index contributed by atoms with van der Waals surface area (Å²) in [6, 6.07) is 27.7. The predicted octanol–water partition coefficient (Wildman–Crippen LogP) is 7.98. The van der Waals surface area contributed by atoms with Crippen LogP contribution in [0.15, 0.2) is 101 Å². The molecule has 2 fully saturated rings. The Kier molecular flexibility index (Phi) is 9.70. The van der Waals surface area contributed by atoms with Crippen LogP contribution in [0, 0.1) is 21.3 Å². The zero-order valence-corrected chi connectivity index (χ0v) is 29.5. The number of nitrogens with zero attached hydrogens (tertiary/aromatic N) is 1. The van der Waals surface area contributed by atoms with Gasteiger partial charge in [-0.05, 0) is 105 Å². The van der Waals surface area contributed by atoms with Gasteiger partial charge in [-0.3, -0.25) is 14.5 Å². The van der Waals surface area contributed by atoms with Crippen LogP contribution in [0.1, 0.15) is 35.3 Å². The van der Waals surface area contributed by atoms with Crippen molar-refractivity contribution in [2.24, 2.45) is 17.8 Å². The number of halogens is 1. The molecule has 0 unspecified atom stereocenters. The van der Waals surface area contributed by atoms with Crippen LogP contribution in [0.5, 0.6) is 17.2 Å². The monoisotopic (exact) mass is 773 g/mol. The van der Waals surface area contributed by atoms with Crippen molar-refractivity contribution in [3.05, 3.63) is 121 Å². The number of benzene rings is 3. The Morgan fingerprint density at radius 1 is 1.02 bits per heavy atom. The van der Waals surface area contributed by atoms with E-state index in [1.54, 1.807) is 18.4 Å². The normalized spacial score (nSPS) is 22.2. The Morgan fingerprint density at radius 3 is 2.52 bits per heavy atom. The summed E-state index contributed by atoms with van der Waals surface area (Å²) in [7, 11) is 1.55. The van der Waals surface area contributed by atoms with Crippen LogP contribution in [-0.2, 0) is 20.9 Å². The lowest BCUT2D eigenvalue weighted by Gasteiger charge is -2.32. The van der Waals surface area contributed by atoms with Crippen molar-refractivity contribution in [3.63, 3.8) is 0 Å². The summed E-state index contributed by atoms with van der Waals surface area (Å²) in [5.41, 5.74) is 5.34. The Hall–Kier alpha value is -3.93. The molecule has 2 aliphatic heterocycles. The van der Waals surface area contributed by atoms with Crippen LogP contribution in [0.2, 0.25) is 0 Å². The van der Waals surface area contributed by atoms with Gasteiger partial charge in [-0.15, -0.1) is 11.3 Å². The predicted molar refractivity (Wildman–Crippen MR) is 195 cm³/mol. The Balaban J connectivity index is 1.19. The number of imide groups is 1. The van der Waals surface area contributed by atoms with E-state index in [0.29, 0.717) is 48.3 Å². The van der Waals surface area contributed by atoms with Crippen molar-refractivity contribution >= 4 is 57.4 Å². The number of thiophene rings is 1. The van der Waals surface area contributed by atoms with Gasteiger partial charge in [0.1, 0.15) is 12.4 Å². The van der Waals surface area contributed by atoms with Crippen LogP contribution in [0.3, 0.4) is 0 Å². The summed E-state index contributed by atoms with van der Waals surface area (Å²) in [6.45, 7) is 1.06. The number of hydrogen-bond acceptors (Lipinski definition) is 7. The van der Waals surface area contributed by atoms with Crippen molar-refractivity contribution < 1.29 is 28.9 Å². The molecular weight excluding hydrogens is 737 g/mol. The maximum absolute atomic E-state index is 13.9. The molecule has 9 heteroatoms. The molecule has 0 spiro atoms. The topological polar surface area (TPSA) is 85.3 Å². The lowest BCUT2D eigenvalue weighted by molar-refractivity contribution is -0.140. The number of fused-ring (bicyclic) bond motifs is 3. The molecule has 7 rings (SSSR count). The Morgan fingerprint density at radius 2 is 1.79 bits per heavy atom. The number of carbonyl (C=O) groups is 2. The average Bonchev–Trinajstić information content (AvgIpc) is 3.84. The number of likely N-dealkylation sites (tertiary alicyclic amines) is 1. The molecule has 2 amide bonds. The highest BCUT2D eigenvalue weighted by atomic mass is 127. The van der Waals surface area contributed by atoms with E-state index in [4.69, 9.17) is 14.2 Å². The molecular formula is C39H36INO6S. The molecule has 1 aromatic heterocycles. The number of allylic oxidation sites excluding steroid dienone is 1. The largest absolute Gasteiger partial charge is 0.504 e. The summed E-state index contributed by atoms with van der Waals surface area (Å²) in [5.74, 6) is 0.143. The molecule has 1 aliphatic carbocycles. The number of methoxy groups -OCH3 is 1. The van der Waals surface area contributed by atoms with Crippen LogP contribution < -0.4 is 9.47 Å². The molecule has 0 bridgehead atoms. The number of phenolic OH excluding ortho intramolecular Hbond substituents is 1. The van der Waals surface area contributed by atoms with E-state index in [0.717, 1.165) is 38.5 Å². The maximum atomic E-state index is 13.9. The minimum Gasteiger partial charge on any atom is -0.504 e. The Labute approximate surface area is 298 Å². The van der Waals surface area contributed by atoms with Gasteiger partial charge in [-0.1, -0.05) is 60.7 Å². The van der Waals surface area contributed by atoms with Crippen molar-refractivity contribution in [1.29, 1.82) is 0 Å². The number of rotatable bonds is 11. The summed E-state index contributed by atoms with van der Waals surface area (Å²) in [5, 5.41) is 12.4. The second kappa shape index (κ2) is 14.3. The van der Waals surface area contributed by atoms with E-state index in [2.05, 4.69) is 40.8 Å². The van der Waals surface area contributed by atoms with E-state index in [-0.39, 0.29) is 29.6 Å². The first-order chi connectivity index (χ1) is 23.4. The number of ether oxygens (including phenoxy) is 3. The first-order valence-electron chi connectivity index (χ1n) is 16.1. The molecule has 246 valence electrons. The Bertz CT molecular complexity index is 1860. The lowest BCUT2D eigenvalue weighted by atomic mass is 9.69. The molecule has 7 nitrogen and oxygen atoms in total. The van der Waals surface area contributed by atoms with E-state index in [9.17, 15) is 14.7 Å². The molecule has 4 aromatic rings. The zero-order chi connectivity index (χ0) is 33.2. The fraction of sp³-hybridized carbons (Fsp3) is 0.282. The number of aromatic hydroxyl groups is 1. The highest BCUT2D eigenvalue weighted by Crippen LogP contribution is 2.50. The van der Waals surface area contributed by atoms with Gasteiger partial charge in [-0.25, -0.2) is 0 Å². The summed E-state index contributed by atoms with van der Waals surface area (Å²) >= 11 is 3.68. The SMILES string of the molecule is COc1cc(/C=C(/CC[C@H]2OC[C@H]3C2=C(COc2ccccc2)C[C@H]2C(=O)N(Cc4cccs4)C(=O)[C@H]23)c2ccccc2)cc(I)c1O. The molecule has 1 N–H and O–H groups in total. The molecule has 3 heterocycles. The van der Waals surface area contributed by atoms with Crippen LogP contribution in [0.25, 0.3) is 11.6 Å². The van der Waals surface area contributed by atoms with Crippen LogP contribution >= 0.6 is 33.9 Å². The van der Waals surface area contributed by atoms with Crippen molar-refractivity contribution in [1.82, 2.24) is 4.90 Å². The molecule has 3 aromatic carbocycles. The van der Waals surface area contributed by atoms with Gasteiger partial charge in [0.15, 0.2) is 11.5 Å². The molecule has 4 atom stereocenters. The smallest absolute Gasteiger partial charge is 0.234 e. The van der Waals surface area contributed by atoms with Gasteiger partial charge in [0.25, 0.3) is 0 Å². The van der Waals surface area contributed by atoms with Gasteiger partial charge in [0, 0.05) is 10.8 Å². The first kappa shape index (κ1) is 32.6. The quantitative estimate of drug-likeness (QED) is 0.0721. The van der Waals surface area contributed by atoms with Gasteiger partial charge >= 0.3 is 0 Å². The van der Waals surface area contributed by atoms with E-state index < -0.39 is 11.8 Å². The second-order valence-electron chi connectivity index (χ2n) is 12.4. The van der Waals surface area contributed by atoms with Crippen molar-refractivity contribution in [3.8, 4) is 17.2 Å². The summed E-state index contributed by atoms with van der Waals surface area (Å²) in [4.78, 5) is 30.2. The summed E-state index contributed by atoms with van der Waals surface area (Å²) in [6.07, 6.45) is 3.83. The van der Waals surface area contributed by atoms with Gasteiger partial charge < -0.3 is 19.3 Å². The van der Waals surface area contributed by atoms with E-state index >= 15 is 0 Å². The fourth-order valence-corrected chi connectivity index (χ4v) is 8.66. The number of hydrogen-bond donors (Lipinski definition) is 1. The lowest BCUT2D eigenvalue weighted by Crippen LogP contribution is -2.35. The summed E-state index contributed by atoms with van der Waals surface area (Å²) < 4.78 is 19.0. The average molecular weight is 774 g/mol. The second-order valence-corrected chi connectivity index (χ2v) is 14.6. The molecule has 0 radical (unpaired) electrons. The van der Waals surface area contributed by atoms with Crippen molar-refractivity contribution in [2.75, 3.05) is 20.3 Å². The van der Waals surface area contributed by atoms with Crippen LogP contribution in [-0.4, -0.2) is 48.2 Å². The number of amides is 2. The maximum Gasteiger partial charge on any atom is 0.234 e. The number of phenols is 1. The minimum absolute atomic E-state index is 0.0890. The fourth-order valence-electron chi connectivity index (χ4n) is 7.34.